The lowest BCUT2D eigenvalue weighted by Gasteiger charge is -2.14. The molecule has 6 nitrogen and oxygen atoms in total. The Morgan fingerprint density at radius 3 is 2.60 bits per heavy atom. The van der Waals surface area contributed by atoms with Gasteiger partial charge in [-0.1, -0.05) is 19.1 Å². The monoisotopic (exact) mass is 277 g/mol. The Morgan fingerprint density at radius 1 is 1.35 bits per heavy atom. The number of aliphatic hydroxyl groups is 1. The van der Waals surface area contributed by atoms with E-state index in [1.54, 1.807) is 7.05 Å². The maximum Gasteiger partial charge on any atom is 0.329 e. The summed E-state index contributed by atoms with van der Waals surface area (Å²) in [5.41, 5.74) is 1.30. The van der Waals surface area contributed by atoms with E-state index >= 15 is 0 Å². The molecule has 0 aliphatic rings. The fourth-order valence-electron chi connectivity index (χ4n) is 2.21. The fraction of sp³-hybridized carbons (Fsp3) is 0.429. The summed E-state index contributed by atoms with van der Waals surface area (Å²) in [6, 6.07) is 7.07. The summed E-state index contributed by atoms with van der Waals surface area (Å²) in [7, 11) is 1.68. The van der Waals surface area contributed by atoms with Crippen LogP contribution in [-0.2, 0) is 18.4 Å². The highest BCUT2D eigenvalue weighted by Gasteiger charge is 2.15. The highest BCUT2D eigenvalue weighted by atomic mass is 16.3. The Balaban J connectivity index is 2.28. The van der Waals surface area contributed by atoms with E-state index in [9.17, 15) is 9.59 Å². The number of nitrogens with zero attached hydrogens (tertiary/aromatic N) is 2. The number of hydrogen-bond acceptors (Lipinski definition) is 3. The minimum atomic E-state index is -0.274. The standard InChI is InChI=1S/C14H19N3O3/c1-3-10(9-18)15-13(19)8-17-12-7-5-4-6-11(12)16(2)14(17)20/h4-7,10,18H,3,8-9H2,1-2H3,(H,15,19). The Hall–Kier alpha value is -2.08. The summed E-state index contributed by atoms with van der Waals surface area (Å²) in [5.74, 6) is -0.274. The van der Waals surface area contributed by atoms with Crippen molar-refractivity contribution >= 4 is 16.9 Å². The van der Waals surface area contributed by atoms with Gasteiger partial charge in [-0.25, -0.2) is 4.79 Å². The van der Waals surface area contributed by atoms with Gasteiger partial charge >= 0.3 is 5.69 Å². The molecule has 2 aromatic rings. The predicted octanol–water partition coefficient (Wildman–Crippen LogP) is 0.227. The SMILES string of the molecule is CCC(CO)NC(=O)Cn1c(=O)n(C)c2ccccc21. The number of imidazole rings is 1. The molecule has 20 heavy (non-hydrogen) atoms. The highest BCUT2D eigenvalue weighted by molar-refractivity contribution is 5.81. The summed E-state index contributed by atoms with van der Waals surface area (Å²) in [5, 5.41) is 11.8. The molecule has 0 bridgehead atoms. The van der Waals surface area contributed by atoms with E-state index in [4.69, 9.17) is 5.11 Å². The summed E-state index contributed by atoms with van der Waals surface area (Å²) in [6.45, 7) is 1.73. The van der Waals surface area contributed by atoms with Gasteiger partial charge in [-0.15, -0.1) is 0 Å². The lowest BCUT2D eigenvalue weighted by atomic mass is 10.2. The summed E-state index contributed by atoms with van der Waals surface area (Å²) in [4.78, 5) is 24.1. The fourth-order valence-corrected chi connectivity index (χ4v) is 2.21. The Morgan fingerprint density at radius 2 is 2.00 bits per heavy atom. The van der Waals surface area contributed by atoms with Crippen LogP contribution in [0.15, 0.2) is 29.1 Å². The first-order valence-electron chi connectivity index (χ1n) is 6.63. The molecule has 2 N–H and O–H groups in total. The van der Waals surface area contributed by atoms with Gasteiger partial charge in [0.05, 0.1) is 23.7 Å². The van der Waals surface area contributed by atoms with Crippen LogP contribution in [0.3, 0.4) is 0 Å². The number of aliphatic hydroxyl groups excluding tert-OH is 1. The van der Waals surface area contributed by atoms with E-state index in [2.05, 4.69) is 5.32 Å². The van der Waals surface area contributed by atoms with Crippen LogP contribution in [-0.4, -0.2) is 32.8 Å². The number of carbonyl (C=O) groups excluding carboxylic acids is 1. The largest absolute Gasteiger partial charge is 0.394 e. The van der Waals surface area contributed by atoms with Crippen LogP contribution in [0.1, 0.15) is 13.3 Å². The van der Waals surface area contributed by atoms with Crippen LogP contribution in [0.25, 0.3) is 11.0 Å². The molecule has 1 aromatic carbocycles. The van der Waals surface area contributed by atoms with Crippen molar-refractivity contribution in [2.45, 2.75) is 25.9 Å². The maximum atomic E-state index is 12.1. The van der Waals surface area contributed by atoms with Gasteiger partial charge in [-0.05, 0) is 18.6 Å². The van der Waals surface area contributed by atoms with Crippen LogP contribution in [0.2, 0.25) is 0 Å². The van der Waals surface area contributed by atoms with Gasteiger partial charge < -0.3 is 10.4 Å². The summed E-state index contributed by atoms with van der Waals surface area (Å²) in [6.07, 6.45) is 0.646. The van der Waals surface area contributed by atoms with Crippen molar-refractivity contribution in [3.05, 3.63) is 34.7 Å². The van der Waals surface area contributed by atoms with Crippen LogP contribution >= 0.6 is 0 Å². The third-order valence-electron chi connectivity index (χ3n) is 3.43. The molecule has 1 aromatic heterocycles. The van der Waals surface area contributed by atoms with Crippen molar-refractivity contribution in [2.24, 2.45) is 7.05 Å². The lowest BCUT2D eigenvalue weighted by Crippen LogP contribution is -2.40. The zero-order chi connectivity index (χ0) is 14.7. The van der Waals surface area contributed by atoms with E-state index in [-0.39, 0.29) is 30.8 Å². The summed E-state index contributed by atoms with van der Waals surface area (Å²) < 4.78 is 2.96. The number of benzene rings is 1. The first kappa shape index (κ1) is 14.3. The van der Waals surface area contributed by atoms with E-state index in [0.29, 0.717) is 6.42 Å². The second kappa shape index (κ2) is 5.92. The lowest BCUT2D eigenvalue weighted by molar-refractivity contribution is -0.122. The second-order valence-electron chi connectivity index (χ2n) is 4.77. The van der Waals surface area contributed by atoms with Crippen molar-refractivity contribution < 1.29 is 9.90 Å². The number of amides is 1. The number of rotatable bonds is 5. The zero-order valence-corrected chi connectivity index (χ0v) is 11.7. The number of aromatic nitrogens is 2. The molecule has 6 heteroatoms. The molecular formula is C14H19N3O3. The van der Waals surface area contributed by atoms with Crippen molar-refractivity contribution in [3.8, 4) is 0 Å². The van der Waals surface area contributed by atoms with Gasteiger partial charge in [0, 0.05) is 7.05 Å². The van der Waals surface area contributed by atoms with Crippen molar-refractivity contribution in [1.29, 1.82) is 0 Å². The predicted molar refractivity (Wildman–Crippen MR) is 76.5 cm³/mol. The Bertz CT molecular complexity index is 668. The van der Waals surface area contributed by atoms with Crippen molar-refractivity contribution in [3.63, 3.8) is 0 Å². The Labute approximate surface area is 116 Å². The molecule has 108 valence electrons. The van der Waals surface area contributed by atoms with E-state index in [1.807, 2.05) is 31.2 Å². The molecule has 2 rings (SSSR count). The summed E-state index contributed by atoms with van der Waals surface area (Å²) >= 11 is 0. The van der Waals surface area contributed by atoms with Gasteiger partial charge in [-0.2, -0.15) is 0 Å². The van der Waals surface area contributed by atoms with Crippen molar-refractivity contribution in [1.82, 2.24) is 14.5 Å². The number of carbonyl (C=O) groups is 1. The Kier molecular flexibility index (Phi) is 4.24. The third kappa shape index (κ3) is 2.60. The minimum Gasteiger partial charge on any atom is -0.394 e. The molecule has 0 aliphatic heterocycles. The smallest absolute Gasteiger partial charge is 0.329 e. The topological polar surface area (TPSA) is 76.3 Å². The quantitative estimate of drug-likeness (QED) is 0.821. The molecule has 0 fully saturated rings. The van der Waals surface area contributed by atoms with Gasteiger partial charge in [0.1, 0.15) is 6.54 Å². The number of nitrogens with one attached hydrogen (secondary N) is 1. The molecule has 0 saturated carbocycles. The van der Waals surface area contributed by atoms with Crippen LogP contribution in [0.5, 0.6) is 0 Å². The number of aryl methyl sites for hydroxylation is 1. The average molecular weight is 277 g/mol. The first-order chi connectivity index (χ1) is 9.58. The molecule has 1 atom stereocenters. The molecule has 1 heterocycles. The molecule has 0 saturated heterocycles. The third-order valence-corrected chi connectivity index (χ3v) is 3.43. The van der Waals surface area contributed by atoms with Crippen LogP contribution in [0, 0.1) is 0 Å². The average Bonchev–Trinajstić information content (AvgIpc) is 2.70. The highest BCUT2D eigenvalue weighted by Crippen LogP contribution is 2.11. The number of fused-ring (bicyclic) bond motifs is 1. The molecule has 0 spiro atoms. The molecule has 0 aliphatic carbocycles. The minimum absolute atomic E-state index is 0.0450. The van der Waals surface area contributed by atoms with E-state index in [0.717, 1.165) is 11.0 Å². The molecule has 1 unspecified atom stereocenters. The van der Waals surface area contributed by atoms with Crippen molar-refractivity contribution in [2.75, 3.05) is 6.61 Å². The van der Waals surface area contributed by atoms with Gasteiger partial charge in [0.15, 0.2) is 0 Å². The number of hydrogen-bond donors (Lipinski definition) is 2. The molecule has 1 amide bonds. The molecule has 0 radical (unpaired) electrons. The van der Waals surface area contributed by atoms with Gasteiger partial charge in [-0.3, -0.25) is 13.9 Å². The van der Waals surface area contributed by atoms with E-state index in [1.165, 1.54) is 9.13 Å². The molecular weight excluding hydrogens is 258 g/mol. The first-order valence-corrected chi connectivity index (χ1v) is 6.63. The second-order valence-corrected chi connectivity index (χ2v) is 4.77. The van der Waals surface area contributed by atoms with E-state index < -0.39 is 0 Å². The normalized spacial score (nSPS) is 12.6. The van der Waals surface area contributed by atoms with Gasteiger partial charge in [0.2, 0.25) is 5.91 Å². The van der Waals surface area contributed by atoms with Crippen LogP contribution < -0.4 is 11.0 Å². The number of para-hydroxylation sites is 2. The zero-order valence-electron chi connectivity index (χ0n) is 11.7. The maximum absolute atomic E-state index is 12.1. The van der Waals surface area contributed by atoms with Crippen LogP contribution in [0.4, 0.5) is 0 Å². The van der Waals surface area contributed by atoms with Gasteiger partial charge in [0.25, 0.3) is 0 Å².